The summed E-state index contributed by atoms with van der Waals surface area (Å²) in [5.41, 5.74) is 3.52. The van der Waals surface area contributed by atoms with Crippen molar-refractivity contribution in [1.82, 2.24) is 24.7 Å². The molecule has 2 fully saturated rings. The Morgan fingerprint density at radius 3 is 2.89 bits per heavy atom. The molecule has 1 N–H and O–H groups in total. The summed E-state index contributed by atoms with van der Waals surface area (Å²) in [4.78, 5) is 13.3. The van der Waals surface area contributed by atoms with Gasteiger partial charge in [0.25, 0.3) is 0 Å². The lowest BCUT2D eigenvalue weighted by Crippen LogP contribution is -2.19. The number of anilines is 2. The molecule has 2 aliphatic rings. The zero-order chi connectivity index (χ0) is 25.1. The second-order valence-corrected chi connectivity index (χ2v) is 10.0. The van der Waals surface area contributed by atoms with Gasteiger partial charge >= 0.3 is 0 Å². The Morgan fingerprint density at radius 2 is 2.08 bits per heavy atom. The van der Waals surface area contributed by atoms with Gasteiger partial charge in [0.05, 0.1) is 48.1 Å². The third-order valence-electron chi connectivity index (χ3n) is 8.02. The highest BCUT2D eigenvalue weighted by Crippen LogP contribution is 2.62. The average Bonchev–Trinajstić information content (AvgIpc) is 3.28. The molecule has 7 rings (SSSR count). The molecule has 1 saturated heterocycles. The van der Waals surface area contributed by atoms with Crippen molar-refractivity contribution < 1.29 is 13.9 Å². The summed E-state index contributed by atoms with van der Waals surface area (Å²) in [6, 6.07) is 10.9. The molecule has 0 radical (unpaired) electrons. The third kappa shape index (κ3) is 3.53. The molecule has 0 spiro atoms. The zero-order valence-corrected chi connectivity index (χ0v) is 20.5. The molecule has 1 saturated carbocycles. The van der Waals surface area contributed by atoms with E-state index in [0.717, 1.165) is 17.7 Å². The molecule has 9 heteroatoms. The predicted molar refractivity (Wildman–Crippen MR) is 138 cm³/mol. The number of rotatable bonds is 6. The summed E-state index contributed by atoms with van der Waals surface area (Å²) < 4.78 is 29.4. The number of nitrogens with zero attached hydrogens (tertiary/aromatic N) is 5. The van der Waals surface area contributed by atoms with Crippen LogP contribution in [0.15, 0.2) is 61.3 Å². The van der Waals surface area contributed by atoms with Crippen molar-refractivity contribution in [3.05, 3.63) is 67.1 Å². The molecule has 37 heavy (non-hydrogen) atoms. The van der Waals surface area contributed by atoms with Crippen LogP contribution < -0.4 is 10.1 Å². The quantitative estimate of drug-likeness (QED) is 0.349. The van der Waals surface area contributed by atoms with Crippen LogP contribution in [0.5, 0.6) is 5.75 Å². The minimum Gasteiger partial charge on any atom is -0.492 e. The van der Waals surface area contributed by atoms with Crippen LogP contribution in [-0.4, -0.2) is 44.6 Å². The highest BCUT2D eigenvalue weighted by molar-refractivity contribution is 5.99. The average molecular weight is 497 g/mol. The van der Waals surface area contributed by atoms with Crippen LogP contribution in [0.3, 0.4) is 0 Å². The third-order valence-corrected chi connectivity index (χ3v) is 8.02. The Kier molecular flexibility index (Phi) is 4.91. The number of hydrogen-bond acceptors (Lipinski definition) is 7. The van der Waals surface area contributed by atoms with Gasteiger partial charge in [-0.05, 0) is 53.8 Å². The molecule has 1 aliphatic carbocycles. The predicted octanol–water partition coefficient (Wildman–Crippen LogP) is 5.12. The Hall–Kier alpha value is -4.11. The van der Waals surface area contributed by atoms with Gasteiger partial charge in [0.1, 0.15) is 17.9 Å². The van der Waals surface area contributed by atoms with Crippen molar-refractivity contribution in [1.29, 1.82) is 0 Å². The number of aryl methyl sites for hydroxylation is 1. The zero-order valence-electron chi connectivity index (χ0n) is 20.5. The number of hydrogen-bond donors (Lipinski definition) is 1. The van der Waals surface area contributed by atoms with Gasteiger partial charge in [-0.2, -0.15) is 5.10 Å². The lowest BCUT2D eigenvalue weighted by atomic mass is 10.0. The van der Waals surface area contributed by atoms with Crippen molar-refractivity contribution in [2.75, 3.05) is 25.1 Å². The molecule has 1 unspecified atom stereocenters. The summed E-state index contributed by atoms with van der Waals surface area (Å²) >= 11 is 0. The number of fused-ring (bicyclic) bond motifs is 3. The maximum atomic E-state index is 15.4. The molecular weight excluding hydrogens is 471 g/mol. The van der Waals surface area contributed by atoms with E-state index in [0.29, 0.717) is 64.1 Å². The first-order valence-corrected chi connectivity index (χ1v) is 12.3. The molecule has 0 amide bonds. The van der Waals surface area contributed by atoms with Gasteiger partial charge in [0.15, 0.2) is 5.82 Å². The first-order chi connectivity index (χ1) is 18.0. The summed E-state index contributed by atoms with van der Waals surface area (Å²) in [6.45, 7) is 4.28. The van der Waals surface area contributed by atoms with E-state index in [-0.39, 0.29) is 11.2 Å². The Bertz CT molecular complexity index is 1670. The normalized spacial score (nSPS) is 22.4. The van der Waals surface area contributed by atoms with E-state index in [1.54, 1.807) is 35.1 Å². The topological polar surface area (TPSA) is 87.0 Å². The van der Waals surface area contributed by atoms with Crippen molar-refractivity contribution in [2.45, 2.75) is 6.92 Å². The SMILES string of the molecule is C[C@@H]1C2COC[C@@]21COc1cc(-c2cnn(C)c2)cc2ncnc(Nc3ccc4ncccc4c3F)c12. The van der Waals surface area contributed by atoms with Crippen LogP contribution in [0.1, 0.15) is 6.92 Å². The van der Waals surface area contributed by atoms with Crippen LogP contribution in [0.25, 0.3) is 32.9 Å². The van der Waals surface area contributed by atoms with E-state index >= 15 is 4.39 Å². The van der Waals surface area contributed by atoms with Crippen LogP contribution in [-0.2, 0) is 11.8 Å². The Morgan fingerprint density at radius 1 is 1.16 bits per heavy atom. The summed E-state index contributed by atoms with van der Waals surface area (Å²) in [5, 5.41) is 8.64. The van der Waals surface area contributed by atoms with Gasteiger partial charge in [-0.3, -0.25) is 9.67 Å². The molecule has 1 aliphatic heterocycles. The minimum atomic E-state index is -0.386. The van der Waals surface area contributed by atoms with Gasteiger partial charge < -0.3 is 14.8 Å². The van der Waals surface area contributed by atoms with E-state index in [1.165, 1.54) is 6.33 Å². The second kappa shape index (κ2) is 8.21. The molecular formula is C28H25FN6O2. The number of benzene rings is 2. The number of aromatic nitrogens is 5. The summed E-state index contributed by atoms with van der Waals surface area (Å²) in [6.07, 6.45) is 6.89. The van der Waals surface area contributed by atoms with E-state index in [9.17, 15) is 0 Å². The fraction of sp³-hybridized carbons (Fsp3) is 0.286. The summed E-state index contributed by atoms with van der Waals surface area (Å²) in [7, 11) is 1.88. The smallest absolute Gasteiger partial charge is 0.156 e. The highest BCUT2D eigenvalue weighted by Gasteiger charge is 2.66. The number of halogens is 1. The van der Waals surface area contributed by atoms with Crippen molar-refractivity contribution >= 4 is 33.3 Å². The van der Waals surface area contributed by atoms with Crippen LogP contribution >= 0.6 is 0 Å². The number of nitrogens with one attached hydrogen (secondary N) is 1. The largest absolute Gasteiger partial charge is 0.492 e. The van der Waals surface area contributed by atoms with E-state index in [2.05, 4.69) is 32.3 Å². The number of pyridine rings is 1. The lowest BCUT2D eigenvalue weighted by Gasteiger charge is -2.18. The number of ether oxygens (including phenoxy) is 2. The first kappa shape index (κ1) is 22.1. The molecule has 0 bridgehead atoms. The fourth-order valence-electron chi connectivity index (χ4n) is 5.66. The van der Waals surface area contributed by atoms with Gasteiger partial charge in [-0.1, -0.05) is 6.92 Å². The fourth-order valence-corrected chi connectivity index (χ4v) is 5.66. The van der Waals surface area contributed by atoms with Crippen molar-refractivity contribution in [2.24, 2.45) is 24.3 Å². The van der Waals surface area contributed by atoms with Gasteiger partial charge in [-0.25, -0.2) is 14.4 Å². The van der Waals surface area contributed by atoms with Gasteiger partial charge in [-0.15, -0.1) is 0 Å². The van der Waals surface area contributed by atoms with Crippen LogP contribution in [0.4, 0.5) is 15.9 Å². The second-order valence-electron chi connectivity index (χ2n) is 10.0. The Labute approximate surface area is 212 Å². The maximum Gasteiger partial charge on any atom is 0.156 e. The van der Waals surface area contributed by atoms with Crippen LogP contribution in [0, 0.1) is 23.1 Å². The maximum absolute atomic E-state index is 15.4. The first-order valence-electron chi connectivity index (χ1n) is 12.3. The minimum absolute atomic E-state index is 0.0390. The lowest BCUT2D eigenvalue weighted by molar-refractivity contribution is 0.109. The molecule has 4 heterocycles. The van der Waals surface area contributed by atoms with Gasteiger partial charge in [0.2, 0.25) is 0 Å². The van der Waals surface area contributed by atoms with Gasteiger partial charge in [0, 0.05) is 35.8 Å². The molecule has 3 atom stereocenters. The molecule has 3 aromatic heterocycles. The van der Waals surface area contributed by atoms with Crippen LogP contribution in [0.2, 0.25) is 0 Å². The van der Waals surface area contributed by atoms with E-state index in [4.69, 9.17) is 9.47 Å². The highest BCUT2D eigenvalue weighted by atomic mass is 19.1. The van der Waals surface area contributed by atoms with Crippen molar-refractivity contribution in [3.63, 3.8) is 0 Å². The van der Waals surface area contributed by atoms with E-state index < -0.39 is 0 Å². The molecule has 8 nitrogen and oxygen atoms in total. The molecule has 2 aromatic carbocycles. The molecule has 5 aromatic rings. The van der Waals surface area contributed by atoms with E-state index in [1.807, 2.05) is 31.6 Å². The Balaban J connectivity index is 1.33. The summed E-state index contributed by atoms with van der Waals surface area (Å²) in [5.74, 6) is 1.81. The van der Waals surface area contributed by atoms with Crippen molar-refractivity contribution in [3.8, 4) is 16.9 Å². The molecule has 186 valence electrons. The standard InChI is InChI=1S/C28H25FN6O2/c1-16-20-12-36-13-28(16,20)14-37-24-9-17(18-10-33-35(2)11-18)8-23-25(24)27(32-15-31-23)34-22-6-5-21-19(26(22)29)4-3-7-30-21/h3-11,15-16,20H,12-14H2,1-2H3,(H,31,32,34)/t16-,20?,28+/m1/s1. The monoisotopic (exact) mass is 496 g/mol.